The van der Waals surface area contributed by atoms with Crippen molar-refractivity contribution >= 4 is 6.34 Å². The van der Waals surface area contributed by atoms with E-state index in [-0.39, 0.29) is 0 Å². The highest BCUT2D eigenvalue weighted by Crippen LogP contribution is 2.00. The highest BCUT2D eigenvalue weighted by Gasteiger charge is 2.07. The maximum Gasteiger partial charge on any atom is 0.0850 e. The van der Waals surface area contributed by atoms with Crippen molar-refractivity contribution in [1.29, 1.82) is 0 Å². The predicted molar refractivity (Wildman–Crippen MR) is 46.5 cm³/mol. The lowest BCUT2D eigenvalue weighted by molar-refractivity contribution is 0.301. The van der Waals surface area contributed by atoms with Crippen molar-refractivity contribution in [3.05, 3.63) is 0 Å². The third kappa shape index (κ3) is 2.85. The summed E-state index contributed by atoms with van der Waals surface area (Å²) >= 11 is 0. The van der Waals surface area contributed by atoms with Crippen LogP contribution in [0.3, 0.4) is 0 Å². The summed E-state index contributed by atoms with van der Waals surface area (Å²) < 4.78 is 0. The molecule has 0 N–H and O–H groups in total. The van der Waals surface area contributed by atoms with E-state index in [0.29, 0.717) is 12.1 Å². The highest BCUT2D eigenvalue weighted by atomic mass is 15.2. The lowest BCUT2D eigenvalue weighted by Gasteiger charge is -2.27. The van der Waals surface area contributed by atoms with E-state index in [0.717, 1.165) is 0 Å². The van der Waals surface area contributed by atoms with E-state index in [9.17, 15) is 0 Å². The molecule has 0 saturated heterocycles. The average molecular weight is 142 g/mol. The van der Waals surface area contributed by atoms with E-state index in [4.69, 9.17) is 0 Å². The molecule has 0 aliphatic carbocycles. The van der Waals surface area contributed by atoms with Crippen LogP contribution in [0.25, 0.3) is 0 Å². The molecular weight excluding hydrogens is 124 g/mol. The Kier molecular flexibility index (Phi) is 4.08. The molecule has 0 aromatic carbocycles. The van der Waals surface area contributed by atoms with Crippen molar-refractivity contribution in [2.75, 3.05) is 7.05 Å². The quantitative estimate of drug-likeness (QED) is 0.433. The Balaban J connectivity index is 3.98. The van der Waals surface area contributed by atoms with Crippen LogP contribution in [0.4, 0.5) is 0 Å². The van der Waals surface area contributed by atoms with Crippen LogP contribution >= 0.6 is 0 Å². The second-order valence-corrected chi connectivity index (χ2v) is 3.01. The van der Waals surface area contributed by atoms with Crippen molar-refractivity contribution in [1.82, 2.24) is 4.90 Å². The summed E-state index contributed by atoms with van der Waals surface area (Å²) in [5, 5.41) is 0. The zero-order valence-electron chi connectivity index (χ0n) is 7.63. The topological polar surface area (TPSA) is 15.6 Å². The van der Waals surface area contributed by atoms with Crippen LogP contribution in [-0.2, 0) is 0 Å². The lowest BCUT2D eigenvalue weighted by Crippen LogP contribution is -2.35. The SMILES string of the molecule is CN=CN(C(C)C)C(C)C. The molecule has 0 aliphatic heterocycles. The third-order valence-corrected chi connectivity index (χ3v) is 1.44. The maximum atomic E-state index is 3.98. The summed E-state index contributed by atoms with van der Waals surface area (Å²) in [6.07, 6.45) is 1.90. The molecule has 0 unspecified atom stereocenters. The minimum Gasteiger partial charge on any atom is -0.358 e. The normalized spacial score (nSPS) is 11.9. The Hall–Kier alpha value is -0.530. The summed E-state index contributed by atoms with van der Waals surface area (Å²) in [4.78, 5) is 6.20. The van der Waals surface area contributed by atoms with Gasteiger partial charge in [0.1, 0.15) is 0 Å². The predicted octanol–water partition coefficient (Wildman–Crippen LogP) is 1.76. The molecule has 10 heavy (non-hydrogen) atoms. The highest BCUT2D eigenvalue weighted by molar-refractivity contribution is 5.55. The van der Waals surface area contributed by atoms with E-state index < -0.39 is 0 Å². The van der Waals surface area contributed by atoms with Crippen molar-refractivity contribution in [3.63, 3.8) is 0 Å². The minimum atomic E-state index is 0.545. The van der Waals surface area contributed by atoms with Gasteiger partial charge >= 0.3 is 0 Å². The lowest BCUT2D eigenvalue weighted by atomic mass is 10.2. The Morgan fingerprint density at radius 1 is 1.10 bits per heavy atom. The Morgan fingerprint density at radius 3 is 1.60 bits per heavy atom. The minimum absolute atomic E-state index is 0.545. The van der Waals surface area contributed by atoms with E-state index in [2.05, 4.69) is 37.6 Å². The molecule has 2 nitrogen and oxygen atoms in total. The fourth-order valence-corrected chi connectivity index (χ4v) is 0.996. The first-order valence-electron chi connectivity index (χ1n) is 3.79. The molecular formula is C8H18N2. The van der Waals surface area contributed by atoms with Gasteiger partial charge in [-0.25, -0.2) is 0 Å². The first-order valence-corrected chi connectivity index (χ1v) is 3.79. The molecule has 0 aromatic rings. The van der Waals surface area contributed by atoms with Gasteiger partial charge in [-0.15, -0.1) is 0 Å². The zero-order chi connectivity index (χ0) is 8.15. The smallest absolute Gasteiger partial charge is 0.0850 e. The van der Waals surface area contributed by atoms with Gasteiger partial charge in [-0.1, -0.05) is 0 Å². The molecule has 0 saturated carbocycles. The third-order valence-electron chi connectivity index (χ3n) is 1.44. The summed E-state index contributed by atoms with van der Waals surface area (Å²) in [5.74, 6) is 0. The van der Waals surface area contributed by atoms with Crippen molar-refractivity contribution in [2.45, 2.75) is 39.8 Å². The van der Waals surface area contributed by atoms with Crippen LogP contribution in [-0.4, -0.2) is 30.4 Å². The molecule has 0 rings (SSSR count). The standard InChI is InChI=1S/C8H18N2/c1-7(2)10(6-9-5)8(3)4/h6-8H,1-5H3. The van der Waals surface area contributed by atoms with E-state index in [1.54, 1.807) is 7.05 Å². The second kappa shape index (κ2) is 4.31. The fourth-order valence-electron chi connectivity index (χ4n) is 0.996. The Morgan fingerprint density at radius 2 is 1.50 bits per heavy atom. The number of aliphatic imine (C=N–C) groups is 1. The first-order chi connectivity index (χ1) is 4.59. The van der Waals surface area contributed by atoms with Crippen molar-refractivity contribution < 1.29 is 0 Å². The number of hydrogen-bond donors (Lipinski definition) is 0. The monoisotopic (exact) mass is 142 g/mol. The summed E-state index contributed by atoms with van der Waals surface area (Å²) in [5.41, 5.74) is 0. The van der Waals surface area contributed by atoms with E-state index >= 15 is 0 Å². The molecule has 0 spiro atoms. The number of hydrogen-bond acceptors (Lipinski definition) is 1. The molecule has 0 aliphatic rings. The first kappa shape index (κ1) is 9.47. The van der Waals surface area contributed by atoms with Crippen LogP contribution in [0.5, 0.6) is 0 Å². The van der Waals surface area contributed by atoms with Gasteiger partial charge in [0.2, 0.25) is 0 Å². The van der Waals surface area contributed by atoms with Crippen LogP contribution in [0.15, 0.2) is 4.99 Å². The van der Waals surface area contributed by atoms with Gasteiger partial charge in [-0.05, 0) is 27.7 Å². The largest absolute Gasteiger partial charge is 0.358 e. The fraction of sp³-hybridized carbons (Fsp3) is 0.875. The average Bonchev–Trinajstić information content (AvgIpc) is 1.81. The zero-order valence-corrected chi connectivity index (χ0v) is 7.63. The van der Waals surface area contributed by atoms with Gasteiger partial charge in [-0.3, -0.25) is 4.99 Å². The number of nitrogens with zero attached hydrogens (tertiary/aromatic N) is 2. The molecule has 60 valence electrons. The molecule has 0 heterocycles. The van der Waals surface area contributed by atoms with Gasteiger partial charge in [0.15, 0.2) is 0 Å². The van der Waals surface area contributed by atoms with Crippen LogP contribution < -0.4 is 0 Å². The van der Waals surface area contributed by atoms with E-state index in [1.807, 2.05) is 6.34 Å². The van der Waals surface area contributed by atoms with Gasteiger partial charge in [-0.2, -0.15) is 0 Å². The number of rotatable bonds is 3. The molecule has 0 fully saturated rings. The summed E-state index contributed by atoms with van der Waals surface area (Å²) in [7, 11) is 1.80. The Bertz CT molecular complexity index is 97.8. The summed E-state index contributed by atoms with van der Waals surface area (Å²) in [6.45, 7) is 8.67. The van der Waals surface area contributed by atoms with Crippen LogP contribution in [0, 0.1) is 0 Å². The van der Waals surface area contributed by atoms with Crippen LogP contribution in [0.2, 0.25) is 0 Å². The molecule has 0 amide bonds. The van der Waals surface area contributed by atoms with Gasteiger partial charge in [0, 0.05) is 19.1 Å². The van der Waals surface area contributed by atoms with E-state index in [1.165, 1.54) is 0 Å². The van der Waals surface area contributed by atoms with Gasteiger partial charge < -0.3 is 4.90 Å². The molecule has 0 aromatic heterocycles. The van der Waals surface area contributed by atoms with Gasteiger partial charge in [0.05, 0.1) is 6.34 Å². The molecule has 0 radical (unpaired) electrons. The van der Waals surface area contributed by atoms with Crippen LogP contribution in [0.1, 0.15) is 27.7 Å². The summed E-state index contributed by atoms with van der Waals surface area (Å²) in [6, 6.07) is 1.09. The molecule has 0 bridgehead atoms. The van der Waals surface area contributed by atoms with Crippen molar-refractivity contribution in [3.8, 4) is 0 Å². The van der Waals surface area contributed by atoms with Gasteiger partial charge in [0.25, 0.3) is 0 Å². The molecule has 2 heteroatoms. The molecule has 0 atom stereocenters. The Labute approximate surface area is 63.9 Å². The second-order valence-electron chi connectivity index (χ2n) is 3.01. The maximum absolute atomic E-state index is 3.98. The van der Waals surface area contributed by atoms with Crippen molar-refractivity contribution in [2.24, 2.45) is 4.99 Å².